The fourth-order valence-corrected chi connectivity index (χ4v) is 2.93. The standard InChI is InChI=1S/C13H26N2O/c1-15-8-6-11(7-9-15)10-14-12-4-2-3-5-13(12)16/h11-14,16H,2-10H2,1H3/t12-,13-/m0/s1. The van der Waals surface area contributed by atoms with Crippen LogP contribution in [-0.2, 0) is 0 Å². The van der Waals surface area contributed by atoms with E-state index in [1.807, 2.05) is 0 Å². The Morgan fingerprint density at radius 1 is 1.12 bits per heavy atom. The molecule has 94 valence electrons. The van der Waals surface area contributed by atoms with Gasteiger partial charge in [-0.15, -0.1) is 0 Å². The highest BCUT2D eigenvalue weighted by Gasteiger charge is 2.24. The molecule has 1 aliphatic heterocycles. The summed E-state index contributed by atoms with van der Waals surface area (Å²) >= 11 is 0. The molecule has 3 nitrogen and oxygen atoms in total. The molecule has 2 fully saturated rings. The lowest BCUT2D eigenvalue weighted by molar-refractivity contribution is 0.0861. The monoisotopic (exact) mass is 226 g/mol. The van der Waals surface area contributed by atoms with Crippen LogP contribution >= 0.6 is 0 Å². The van der Waals surface area contributed by atoms with E-state index in [2.05, 4.69) is 17.3 Å². The minimum Gasteiger partial charge on any atom is -0.392 e. The van der Waals surface area contributed by atoms with E-state index in [9.17, 15) is 5.11 Å². The maximum Gasteiger partial charge on any atom is 0.0693 e. The Bertz CT molecular complexity index is 202. The lowest BCUT2D eigenvalue weighted by Gasteiger charge is -2.33. The van der Waals surface area contributed by atoms with Crippen molar-refractivity contribution >= 4 is 0 Å². The minimum absolute atomic E-state index is 0.0972. The molecule has 2 aliphatic rings. The molecule has 1 heterocycles. The van der Waals surface area contributed by atoms with Crippen molar-refractivity contribution in [2.75, 3.05) is 26.7 Å². The van der Waals surface area contributed by atoms with Crippen molar-refractivity contribution in [2.45, 2.75) is 50.7 Å². The Labute approximate surface area is 99.2 Å². The van der Waals surface area contributed by atoms with E-state index >= 15 is 0 Å². The van der Waals surface area contributed by atoms with Gasteiger partial charge in [0, 0.05) is 6.04 Å². The molecule has 2 N–H and O–H groups in total. The van der Waals surface area contributed by atoms with E-state index in [-0.39, 0.29) is 6.10 Å². The topological polar surface area (TPSA) is 35.5 Å². The van der Waals surface area contributed by atoms with Crippen molar-refractivity contribution in [2.24, 2.45) is 5.92 Å². The van der Waals surface area contributed by atoms with Gasteiger partial charge in [-0.2, -0.15) is 0 Å². The lowest BCUT2D eigenvalue weighted by Crippen LogP contribution is -2.45. The zero-order valence-electron chi connectivity index (χ0n) is 10.5. The van der Waals surface area contributed by atoms with Gasteiger partial charge in [-0.05, 0) is 58.3 Å². The number of hydrogen-bond acceptors (Lipinski definition) is 3. The first-order chi connectivity index (χ1) is 7.75. The summed E-state index contributed by atoms with van der Waals surface area (Å²) in [6, 6.07) is 0.369. The Morgan fingerprint density at radius 2 is 1.81 bits per heavy atom. The highest BCUT2D eigenvalue weighted by atomic mass is 16.3. The van der Waals surface area contributed by atoms with Gasteiger partial charge >= 0.3 is 0 Å². The fraction of sp³-hybridized carbons (Fsp3) is 1.00. The molecule has 0 aromatic carbocycles. The molecular weight excluding hydrogens is 200 g/mol. The first-order valence-corrected chi connectivity index (χ1v) is 6.85. The molecule has 2 rings (SSSR count). The summed E-state index contributed by atoms with van der Waals surface area (Å²) in [6.07, 6.45) is 7.16. The summed E-state index contributed by atoms with van der Waals surface area (Å²) in [6.45, 7) is 3.58. The average molecular weight is 226 g/mol. The zero-order chi connectivity index (χ0) is 11.4. The first-order valence-electron chi connectivity index (χ1n) is 6.85. The second-order valence-electron chi connectivity index (χ2n) is 5.61. The molecule has 16 heavy (non-hydrogen) atoms. The van der Waals surface area contributed by atoms with Crippen LogP contribution in [0.25, 0.3) is 0 Å². The van der Waals surface area contributed by atoms with Crippen molar-refractivity contribution in [3.63, 3.8) is 0 Å². The zero-order valence-corrected chi connectivity index (χ0v) is 10.5. The third kappa shape index (κ3) is 3.44. The van der Waals surface area contributed by atoms with Gasteiger partial charge in [0.15, 0.2) is 0 Å². The van der Waals surface area contributed by atoms with Crippen LogP contribution in [0.4, 0.5) is 0 Å². The Kier molecular flexibility index (Phi) is 4.62. The smallest absolute Gasteiger partial charge is 0.0693 e. The van der Waals surface area contributed by atoms with E-state index < -0.39 is 0 Å². The maximum atomic E-state index is 9.87. The van der Waals surface area contributed by atoms with E-state index in [0.717, 1.165) is 25.3 Å². The molecule has 3 heteroatoms. The molecule has 0 bridgehead atoms. The SMILES string of the molecule is CN1CCC(CN[C@H]2CCCC[C@@H]2O)CC1. The van der Waals surface area contributed by atoms with E-state index in [1.165, 1.54) is 38.8 Å². The van der Waals surface area contributed by atoms with Crippen LogP contribution in [-0.4, -0.2) is 48.8 Å². The Hall–Kier alpha value is -0.120. The number of rotatable bonds is 3. The normalized spacial score (nSPS) is 34.1. The van der Waals surface area contributed by atoms with E-state index in [0.29, 0.717) is 6.04 Å². The van der Waals surface area contributed by atoms with Crippen molar-refractivity contribution < 1.29 is 5.11 Å². The number of nitrogens with one attached hydrogen (secondary N) is 1. The molecule has 0 aromatic heterocycles. The summed E-state index contributed by atoms with van der Waals surface area (Å²) in [5, 5.41) is 13.5. The molecule has 2 atom stereocenters. The average Bonchev–Trinajstić information content (AvgIpc) is 2.30. The first kappa shape index (κ1) is 12.3. The van der Waals surface area contributed by atoms with Crippen molar-refractivity contribution in [1.82, 2.24) is 10.2 Å². The van der Waals surface area contributed by atoms with Crippen LogP contribution in [0.2, 0.25) is 0 Å². The molecule has 0 spiro atoms. The molecule has 0 amide bonds. The van der Waals surface area contributed by atoms with Gasteiger partial charge in [0.2, 0.25) is 0 Å². The quantitative estimate of drug-likeness (QED) is 0.759. The van der Waals surface area contributed by atoms with Crippen molar-refractivity contribution in [1.29, 1.82) is 0 Å². The number of nitrogens with zero attached hydrogens (tertiary/aromatic N) is 1. The molecule has 0 aromatic rings. The number of hydrogen-bond donors (Lipinski definition) is 2. The molecule has 0 radical (unpaired) electrons. The van der Waals surface area contributed by atoms with Gasteiger partial charge in [0.05, 0.1) is 6.10 Å². The van der Waals surface area contributed by atoms with Crippen LogP contribution < -0.4 is 5.32 Å². The van der Waals surface area contributed by atoms with Gasteiger partial charge in [0.25, 0.3) is 0 Å². The second kappa shape index (κ2) is 5.99. The molecular formula is C13H26N2O. The highest BCUT2D eigenvalue weighted by Crippen LogP contribution is 2.20. The summed E-state index contributed by atoms with van der Waals surface area (Å²) in [4.78, 5) is 2.41. The van der Waals surface area contributed by atoms with E-state index in [4.69, 9.17) is 0 Å². The van der Waals surface area contributed by atoms with Crippen LogP contribution in [0.1, 0.15) is 38.5 Å². The summed E-state index contributed by atoms with van der Waals surface area (Å²) in [5.74, 6) is 0.824. The predicted molar refractivity (Wildman–Crippen MR) is 66.5 cm³/mol. The predicted octanol–water partition coefficient (Wildman–Crippen LogP) is 1.22. The molecule has 0 unspecified atom stereocenters. The van der Waals surface area contributed by atoms with Crippen molar-refractivity contribution in [3.05, 3.63) is 0 Å². The van der Waals surface area contributed by atoms with Gasteiger partial charge in [-0.1, -0.05) is 12.8 Å². The summed E-state index contributed by atoms with van der Waals surface area (Å²) in [5.41, 5.74) is 0. The van der Waals surface area contributed by atoms with Gasteiger partial charge in [-0.25, -0.2) is 0 Å². The maximum absolute atomic E-state index is 9.87. The van der Waals surface area contributed by atoms with Crippen LogP contribution in [0, 0.1) is 5.92 Å². The molecule has 1 saturated heterocycles. The third-order valence-electron chi connectivity index (χ3n) is 4.24. The minimum atomic E-state index is -0.0972. The number of aliphatic hydroxyl groups excluding tert-OH is 1. The van der Waals surface area contributed by atoms with Crippen LogP contribution in [0.15, 0.2) is 0 Å². The second-order valence-corrected chi connectivity index (χ2v) is 5.61. The van der Waals surface area contributed by atoms with Gasteiger partial charge in [0.1, 0.15) is 0 Å². The fourth-order valence-electron chi connectivity index (χ4n) is 2.93. The highest BCUT2D eigenvalue weighted by molar-refractivity contribution is 4.82. The lowest BCUT2D eigenvalue weighted by atomic mass is 9.91. The summed E-state index contributed by atoms with van der Waals surface area (Å²) in [7, 11) is 2.20. The van der Waals surface area contributed by atoms with Crippen molar-refractivity contribution in [3.8, 4) is 0 Å². The molecule has 1 aliphatic carbocycles. The van der Waals surface area contributed by atoms with Crippen LogP contribution in [0.5, 0.6) is 0 Å². The van der Waals surface area contributed by atoms with Gasteiger partial charge in [-0.3, -0.25) is 0 Å². The molecule has 1 saturated carbocycles. The van der Waals surface area contributed by atoms with Crippen LogP contribution in [0.3, 0.4) is 0 Å². The number of aliphatic hydroxyl groups is 1. The largest absolute Gasteiger partial charge is 0.392 e. The third-order valence-corrected chi connectivity index (χ3v) is 4.24. The van der Waals surface area contributed by atoms with Gasteiger partial charge < -0.3 is 15.3 Å². The Morgan fingerprint density at radius 3 is 2.50 bits per heavy atom. The number of piperidine rings is 1. The number of likely N-dealkylation sites (tertiary alicyclic amines) is 1. The van der Waals surface area contributed by atoms with E-state index in [1.54, 1.807) is 0 Å². The Balaban J connectivity index is 1.66. The summed E-state index contributed by atoms with van der Waals surface area (Å²) < 4.78 is 0.